The van der Waals surface area contributed by atoms with Crippen molar-refractivity contribution in [1.29, 1.82) is 0 Å². The van der Waals surface area contributed by atoms with Gasteiger partial charge in [0, 0.05) is 23.6 Å². The van der Waals surface area contributed by atoms with Crippen molar-refractivity contribution < 1.29 is 9.53 Å². The van der Waals surface area contributed by atoms with Gasteiger partial charge in [0.1, 0.15) is 11.5 Å². The molecular formula is C25H19NO2. The number of ketones is 1. The number of allylic oxidation sites excluding steroid dienone is 1. The first kappa shape index (κ1) is 17.6. The molecule has 3 heteroatoms. The second-order valence-electron chi connectivity index (χ2n) is 6.32. The van der Waals surface area contributed by atoms with Gasteiger partial charge in [0.2, 0.25) is 0 Å². The first-order valence-electron chi connectivity index (χ1n) is 9.07. The summed E-state index contributed by atoms with van der Waals surface area (Å²) in [5.74, 6) is 1.48. The van der Waals surface area contributed by atoms with Crippen LogP contribution in [-0.2, 0) is 0 Å². The molecule has 0 aliphatic rings. The van der Waals surface area contributed by atoms with Gasteiger partial charge in [-0.05, 0) is 72.3 Å². The SMILES string of the molecule is O=C(/C=C/c1cccc(Oc2ccccc2)c1)c1ccc(-n2cccc2)cc1. The molecule has 0 aliphatic heterocycles. The summed E-state index contributed by atoms with van der Waals surface area (Å²) in [5.41, 5.74) is 2.59. The molecule has 0 amide bonds. The summed E-state index contributed by atoms with van der Waals surface area (Å²) in [4.78, 5) is 12.5. The number of aromatic nitrogens is 1. The molecule has 0 bridgehead atoms. The van der Waals surface area contributed by atoms with E-state index in [1.807, 2.05) is 108 Å². The van der Waals surface area contributed by atoms with E-state index in [0.29, 0.717) is 5.56 Å². The highest BCUT2D eigenvalue weighted by atomic mass is 16.5. The predicted molar refractivity (Wildman–Crippen MR) is 112 cm³/mol. The zero-order valence-corrected chi connectivity index (χ0v) is 15.2. The molecule has 0 fully saturated rings. The Morgan fingerprint density at radius 2 is 1.46 bits per heavy atom. The summed E-state index contributed by atoms with van der Waals surface area (Å²) in [6, 6.07) is 28.8. The first-order valence-corrected chi connectivity index (χ1v) is 9.07. The van der Waals surface area contributed by atoms with E-state index in [0.717, 1.165) is 22.7 Å². The maximum Gasteiger partial charge on any atom is 0.185 e. The van der Waals surface area contributed by atoms with Crippen LogP contribution in [0.15, 0.2) is 109 Å². The summed E-state index contributed by atoms with van der Waals surface area (Å²) in [7, 11) is 0. The van der Waals surface area contributed by atoms with E-state index in [9.17, 15) is 4.79 Å². The Morgan fingerprint density at radius 1 is 0.750 bits per heavy atom. The van der Waals surface area contributed by atoms with E-state index < -0.39 is 0 Å². The van der Waals surface area contributed by atoms with Crippen LogP contribution >= 0.6 is 0 Å². The topological polar surface area (TPSA) is 31.2 Å². The van der Waals surface area contributed by atoms with Gasteiger partial charge in [-0.25, -0.2) is 0 Å². The summed E-state index contributed by atoms with van der Waals surface area (Å²) >= 11 is 0. The fourth-order valence-electron chi connectivity index (χ4n) is 2.88. The van der Waals surface area contributed by atoms with Crippen LogP contribution in [0.4, 0.5) is 0 Å². The second-order valence-corrected chi connectivity index (χ2v) is 6.32. The lowest BCUT2D eigenvalue weighted by atomic mass is 10.1. The maximum atomic E-state index is 12.5. The molecular weight excluding hydrogens is 346 g/mol. The summed E-state index contributed by atoms with van der Waals surface area (Å²) in [5, 5.41) is 0. The standard InChI is InChI=1S/C25H19NO2/c27-25(21-12-14-22(15-13-21)26-17-4-5-18-26)16-11-20-7-6-10-24(19-20)28-23-8-2-1-3-9-23/h1-19H/b16-11+. The lowest BCUT2D eigenvalue weighted by Crippen LogP contribution is -1.96. The van der Waals surface area contributed by atoms with Crippen molar-refractivity contribution in [3.63, 3.8) is 0 Å². The average Bonchev–Trinajstić information content (AvgIpc) is 3.28. The Bertz CT molecular complexity index is 1080. The highest BCUT2D eigenvalue weighted by Crippen LogP contribution is 2.22. The fourth-order valence-corrected chi connectivity index (χ4v) is 2.88. The quantitative estimate of drug-likeness (QED) is 0.302. The molecule has 3 aromatic carbocycles. The minimum absolute atomic E-state index is 0.0339. The van der Waals surface area contributed by atoms with Crippen LogP contribution in [-0.4, -0.2) is 10.4 Å². The fraction of sp³-hybridized carbons (Fsp3) is 0. The molecule has 0 N–H and O–H groups in total. The van der Waals surface area contributed by atoms with Crippen LogP contribution in [0.5, 0.6) is 11.5 Å². The van der Waals surface area contributed by atoms with Crippen LogP contribution < -0.4 is 4.74 Å². The first-order chi connectivity index (χ1) is 13.8. The third-order valence-corrected chi connectivity index (χ3v) is 4.32. The van der Waals surface area contributed by atoms with Gasteiger partial charge < -0.3 is 9.30 Å². The third-order valence-electron chi connectivity index (χ3n) is 4.32. The number of carbonyl (C=O) groups is 1. The smallest absolute Gasteiger partial charge is 0.185 e. The van der Waals surface area contributed by atoms with Crippen LogP contribution in [0.1, 0.15) is 15.9 Å². The van der Waals surface area contributed by atoms with E-state index in [4.69, 9.17) is 4.74 Å². The molecule has 4 rings (SSSR count). The number of ether oxygens (including phenoxy) is 1. The van der Waals surface area contributed by atoms with Crippen molar-refractivity contribution in [2.45, 2.75) is 0 Å². The van der Waals surface area contributed by atoms with Crippen molar-refractivity contribution >= 4 is 11.9 Å². The lowest BCUT2D eigenvalue weighted by Gasteiger charge is -2.06. The predicted octanol–water partition coefficient (Wildman–Crippen LogP) is 6.17. The number of para-hydroxylation sites is 1. The molecule has 28 heavy (non-hydrogen) atoms. The Labute approximate surface area is 164 Å². The maximum absolute atomic E-state index is 12.5. The minimum atomic E-state index is -0.0339. The van der Waals surface area contributed by atoms with Crippen molar-refractivity contribution in [3.8, 4) is 17.2 Å². The highest BCUT2D eigenvalue weighted by Gasteiger charge is 2.03. The third kappa shape index (κ3) is 4.27. The molecule has 0 aliphatic carbocycles. The van der Waals surface area contributed by atoms with Gasteiger partial charge in [-0.2, -0.15) is 0 Å². The van der Waals surface area contributed by atoms with E-state index >= 15 is 0 Å². The molecule has 136 valence electrons. The van der Waals surface area contributed by atoms with Crippen LogP contribution in [0, 0.1) is 0 Å². The van der Waals surface area contributed by atoms with Crippen molar-refractivity contribution in [1.82, 2.24) is 4.57 Å². The molecule has 0 spiro atoms. The number of hydrogen-bond donors (Lipinski definition) is 0. The lowest BCUT2D eigenvalue weighted by molar-refractivity contribution is 0.104. The number of hydrogen-bond acceptors (Lipinski definition) is 2. The average molecular weight is 365 g/mol. The van der Waals surface area contributed by atoms with Crippen molar-refractivity contribution in [2.75, 3.05) is 0 Å². The summed E-state index contributed by atoms with van der Waals surface area (Å²) in [6.07, 6.45) is 7.34. The molecule has 0 unspecified atom stereocenters. The largest absolute Gasteiger partial charge is 0.457 e. The molecule has 0 radical (unpaired) electrons. The van der Waals surface area contributed by atoms with Gasteiger partial charge in [0.05, 0.1) is 0 Å². The van der Waals surface area contributed by atoms with Crippen molar-refractivity contribution in [2.24, 2.45) is 0 Å². The van der Waals surface area contributed by atoms with Crippen LogP contribution in [0.2, 0.25) is 0 Å². The minimum Gasteiger partial charge on any atom is -0.457 e. The zero-order chi connectivity index (χ0) is 19.2. The van der Waals surface area contributed by atoms with Crippen LogP contribution in [0.3, 0.4) is 0 Å². The van der Waals surface area contributed by atoms with E-state index in [-0.39, 0.29) is 5.78 Å². The van der Waals surface area contributed by atoms with Gasteiger partial charge in [-0.3, -0.25) is 4.79 Å². The van der Waals surface area contributed by atoms with Gasteiger partial charge >= 0.3 is 0 Å². The molecule has 0 saturated heterocycles. The molecule has 4 aromatic rings. The van der Waals surface area contributed by atoms with Gasteiger partial charge in [-0.15, -0.1) is 0 Å². The number of nitrogens with zero attached hydrogens (tertiary/aromatic N) is 1. The zero-order valence-electron chi connectivity index (χ0n) is 15.2. The normalized spacial score (nSPS) is 10.9. The second kappa shape index (κ2) is 8.23. The molecule has 3 nitrogen and oxygen atoms in total. The van der Waals surface area contributed by atoms with E-state index in [1.165, 1.54) is 0 Å². The number of benzene rings is 3. The molecule has 1 aromatic heterocycles. The summed E-state index contributed by atoms with van der Waals surface area (Å²) in [6.45, 7) is 0. The van der Waals surface area contributed by atoms with E-state index in [1.54, 1.807) is 12.2 Å². The number of carbonyl (C=O) groups excluding carboxylic acids is 1. The van der Waals surface area contributed by atoms with Gasteiger partial charge in [-0.1, -0.05) is 36.4 Å². The van der Waals surface area contributed by atoms with Gasteiger partial charge in [0.15, 0.2) is 5.78 Å². The van der Waals surface area contributed by atoms with Crippen molar-refractivity contribution in [3.05, 3.63) is 121 Å². The highest BCUT2D eigenvalue weighted by molar-refractivity contribution is 6.06. The van der Waals surface area contributed by atoms with Gasteiger partial charge in [0.25, 0.3) is 0 Å². The molecule has 1 heterocycles. The molecule has 0 atom stereocenters. The Morgan fingerprint density at radius 3 is 2.21 bits per heavy atom. The van der Waals surface area contributed by atoms with E-state index in [2.05, 4.69) is 0 Å². The Hall–Kier alpha value is -3.85. The summed E-state index contributed by atoms with van der Waals surface area (Å²) < 4.78 is 7.84. The molecule has 0 saturated carbocycles. The Kier molecular flexibility index (Phi) is 5.16. The monoisotopic (exact) mass is 365 g/mol. The van der Waals surface area contributed by atoms with Crippen LogP contribution in [0.25, 0.3) is 11.8 Å². The number of rotatable bonds is 6. The Balaban J connectivity index is 1.45.